The van der Waals surface area contributed by atoms with Crippen molar-refractivity contribution in [1.29, 1.82) is 0 Å². The third-order valence-corrected chi connectivity index (χ3v) is 2.48. The summed E-state index contributed by atoms with van der Waals surface area (Å²) in [6, 6.07) is 1.83. The highest BCUT2D eigenvalue weighted by atomic mass is 19.1. The number of halogens is 2. The van der Waals surface area contributed by atoms with Crippen LogP contribution in [0.1, 0.15) is 30.6 Å². The summed E-state index contributed by atoms with van der Waals surface area (Å²) in [5.74, 6) is -2.48. The van der Waals surface area contributed by atoms with Crippen LogP contribution in [0.2, 0.25) is 0 Å². The summed E-state index contributed by atoms with van der Waals surface area (Å²) in [5, 5.41) is 2.86. The van der Waals surface area contributed by atoms with Crippen LogP contribution in [0.3, 0.4) is 0 Å². The third-order valence-electron chi connectivity index (χ3n) is 2.48. The van der Waals surface area contributed by atoms with E-state index in [1.807, 2.05) is 13.8 Å². The maximum absolute atomic E-state index is 13.4. The number of rotatable bonds is 4. The number of methoxy groups -OCH3 is 1. The minimum absolute atomic E-state index is 0.0282. The van der Waals surface area contributed by atoms with Crippen LogP contribution in [-0.2, 0) is 4.74 Å². The Hall–Kier alpha value is -1.65. The van der Waals surface area contributed by atoms with E-state index in [0.717, 1.165) is 19.6 Å². The molecule has 1 N–H and O–H groups in total. The van der Waals surface area contributed by atoms with E-state index < -0.39 is 17.6 Å². The number of nitrogens with one attached hydrogen (secondary N) is 1. The van der Waals surface area contributed by atoms with Gasteiger partial charge in [-0.15, -0.1) is 0 Å². The van der Waals surface area contributed by atoms with E-state index in [1.54, 1.807) is 0 Å². The Morgan fingerprint density at radius 2 is 2.06 bits per heavy atom. The topological polar surface area (TPSA) is 38.3 Å². The molecule has 1 aromatic rings. The Morgan fingerprint density at radius 1 is 1.41 bits per heavy atom. The molecule has 0 radical (unpaired) electrons. The van der Waals surface area contributed by atoms with Crippen molar-refractivity contribution < 1.29 is 18.3 Å². The van der Waals surface area contributed by atoms with E-state index in [1.165, 1.54) is 0 Å². The molecule has 0 saturated carbocycles. The SMILES string of the molecule is CCC(C)Nc1cc(C(=O)OC)c(F)cc1F. The zero-order valence-electron chi connectivity index (χ0n) is 10.0. The summed E-state index contributed by atoms with van der Waals surface area (Å²) in [6.45, 7) is 3.79. The van der Waals surface area contributed by atoms with Gasteiger partial charge in [0.25, 0.3) is 0 Å². The van der Waals surface area contributed by atoms with Crippen molar-refractivity contribution in [2.75, 3.05) is 12.4 Å². The van der Waals surface area contributed by atoms with Crippen LogP contribution < -0.4 is 5.32 Å². The summed E-state index contributed by atoms with van der Waals surface area (Å²) in [5.41, 5.74) is -0.180. The summed E-state index contributed by atoms with van der Waals surface area (Å²) >= 11 is 0. The number of hydrogen-bond acceptors (Lipinski definition) is 3. The van der Waals surface area contributed by atoms with Gasteiger partial charge in [-0.05, 0) is 19.4 Å². The molecule has 0 amide bonds. The monoisotopic (exact) mass is 243 g/mol. The largest absolute Gasteiger partial charge is 0.465 e. The first-order valence-corrected chi connectivity index (χ1v) is 5.33. The quantitative estimate of drug-likeness (QED) is 0.826. The molecule has 0 aliphatic rings. The van der Waals surface area contributed by atoms with Gasteiger partial charge in [0.2, 0.25) is 0 Å². The average molecular weight is 243 g/mol. The van der Waals surface area contributed by atoms with Gasteiger partial charge in [0.1, 0.15) is 11.6 Å². The molecule has 5 heteroatoms. The molecule has 0 heterocycles. The van der Waals surface area contributed by atoms with Crippen molar-refractivity contribution in [2.24, 2.45) is 0 Å². The van der Waals surface area contributed by atoms with E-state index in [9.17, 15) is 13.6 Å². The van der Waals surface area contributed by atoms with Crippen LogP contribution >= 0.6 is 0 Å². The van der Waals surface area contributed by atoms with Gasteiger partial charge in [0.05, 0.1) is 18.4 Å². The second-order valence-electron chi connectivity index (χ2n) is 3.76. The fourth-order valence-corrected chi connectivity index (χ4v) is 1.29. The highest BCUT2D eigenvalue weighted by Gasteiger charge is 2.17. The van der Waals surface area contributed by atoms with Crippen LogP contribution in [0, 0.1) is 11.6 Å². The molecule has 0 aromatic heterocycles. The second kappa shape index (κ2) is 5.61. The minimum Gasteiger partial charge on any atom is -0.465 e. The van der Waals surface area contributed by atoms with Crippen molar-refractivity contribution >= 4 is 11.7 Å². The Labute approximate surface area is 98.8 Å². The first-order valence-electron chi connectivity index (χ1n) is 5.33. The molecule has 1 aromatic carbocycles. The van der Waals surface area contributed by atoms with Gasteiger partial charge >= 0.3 is 5.97 Å². The fraction of sp³-hybridized carbons (Fsp3) is 0.417. The predicted molar refractivity (Wildman–Crippen MR) is 61.1 cm³/mol. The molecule has 0 saturated heterocycles. The van der Waals surface area contributed by atoms with Gasteiger partial charge in [-0.3, -0.25) is 0 Å². The first kappa shape index (κ1) is 13.4. The van der Waals surface area contributed by atoms with E-state index in [0.29, 0.717) is 6.07 Å². The van der Waals surface area contributed by atoms with Crippen molar-refractivity contribution in [1.82, 2.24) is 0 Å². The van der Waals surface area contributed by atoms with Crippen LogP contribution in [0.25, 0.3) is 0 Å². The number of ether oxygens (including phenoxy) is 1. The number of carbonyl (C=O) groups is 1. The summed E-state index contributed by atoms with van der Waals surface area (Å²) in [6.07, 6.45) is 0.782. The Kier molecular flexibility index (Phi) is 4.43. The van der Waals surface area contributed by atoms with Gasteiger partial charge in [-0.2, -0.15) is 0 Å². The maximum atomic E-state index is 13.4. The van der Waals surface area contributed by atoms with Crippen molar-refractivity contribution in [3.05, 3.63) is 29.3 Å². The molecule has 3 nitrogen and oxygen atoms in total. The Balaban J connectivity index is 3.10. The number of carbonyl (C=O) groups excluding carboxylic acids is 1. The minimum atomic E-state index is -0.927. The summed E-state index contributed by atoms with van der Waals surface area (Å²) < 4.78 is 31.2. The molecular weight excluding hydrogens is 228 g/mol. The molecule has 1 rings (SSSR count). The fourth-order valence-electron chi connectivity index (χ4n) is 1.29. The molecule has 0 bridgehead atoms. The zero-order valence-corrected chi connectivity index (χ0v) is 10.0. The molecule has 0 aliphatic carbocycles. The number of benzene rings is 1. The first-order chi connectivity index (χ1) is 7.99. The maximum Gasteiger partial charge on any atom is 0.340 e. The van der Waals surface area contributed by atoms with E-state index in [4.69, 9.17) is 0 Å². The molecular formula is C12H15F2NO2. The van der Waals surface area contributed by atoms with Gasteiger partial charge in [-0.1, -0.05) is 6.92 Å². The van der Waals surface area contributed by atoms with Gasteiger partial charge in [0.15, 0.2) is 0 Å². The van der Waals surface area contributed by atoms with Crippen molar-refractivity contribution in [3.8, 4) is 0 Å². The van der Waals surface area contributed by atoms with Gasteiger partial charge in [-0.25, -0.2) is 13.6 Å². The third kappa shape index (κ3) is 3.15. The van der Waals surface area contributed by atoms with Gasteiger partial charge < -0.3 is 10.1 Å². The lowest BCUT2D eigenvalue weighted by Crippen LogP contribution is -2.16. The normalized spacial score (nSPS) is 12.1. The van der Waals surface area contributed by atoms with Gasteiger partial charge in [0, 0.05) is 12.1 Å². The molecule has 1 unspecified atom stereocenters. The van der Waals surface area contributed by atoms with Crippen LogP contribution in [0.4, 0.5) is 14.5 Å². The van der Waals surface area contributed by atoms with E-state index in [2.05, 4.69) is 10.1 Å². The van der Waals surface area contributed by atoms with Crippen molar-refractivity contribution in [2.45, 2.75) is 26.3 Å². The van der Waals surface area contributed by atoms with E-state index >= 15 is 0 Å². The average Bonchev–Trinajstić information content (AvgIpc) is 2.31. The molecule has 0 spiro atoms. The molecule has 17 heavy (non-hydrogen) atoms. The number of esters is 1. The predicted octanol–water partition coefficient (Wildman–Crippen LogP) is 2.96. The van der Waals surface area contributed by atoms with Crippen LogP contribution in [0.15, 0.2) is 12.1 Å². The molecule has 94 valence electrons. The summed E-state index contributed by atoms with van der Waals surface area (Å²) in [4.78, 5) is 11.2. The lowest BCUT2D eigenvalue weighted by Gasteiger charge is -2.14. The van der Waals surface area contributed by atoms with E-state index in [-0.39, 0.29) is 17.3 Å². The van der Waals surface area contributed by atoms with Crippen LogP contribution in [0.5, 0.6) is 0 Å². The standard InChI is InChI=1S/C12H15F2NO2/c1-4-7(2)15-11-5-8(12(16)17-3)9(13)6-10(11)14/h5-7,15H,4H2,1-3H3. The highest BCUT2D eigenvalue weighted by molar-refractivity contribution is 5.90. The number of anilines is 1. The Morgan fingerprint density at radius 3 is 2.59 bits per heavy atom. The lowest BCUT2D eigenvalue weighted by molar-refractivity contribution is 0.0595. The zero-order chi connectivity index (χ0) is 13.0. The smallest absolute Gasteiger partial charge is 0.340 e. The lowest BCUT2D eigenvalue weighted by atomic mass is 10.1. The molecule has 0 fully saturated rings. The summed E-state index contributed by atoms with van der Waals surface area (Å²) in [7, 11) is 1.15. The molecule has 0 aliphatic heterocycles. The van der Waals surface area contributed by atoms with Crippen molar-refractivity contribution in [3.63, 3.8) is 0 Å². The number of hydrogen-bond donors (Lipinski definition) is 1. The highest BCUT2D eigenvalue weighted by Crippen LogP contribution is 2.21. The second-order valence-corrected chi connectivity index (χ2v) is 3.76. The Bertz CT molecular complexity index is 421. The molecule has 1 atom stereocenters. The van der Waals surface area contributed by atoms with Crippen LogP contribution in [-0.4, -0.2) is 19.1 Å².